The molecule has 0 aromatic heterocycles. The lowest BCUT2D eigenvalue weighted by Crippen LogP contribution is -2.25. The number of carboxylic acids is 2. The van der Waals surface area contributed by atoms with Gasteiger partial charge in [0.25, 0.3) is 0 Å². The topological polar surface area (TPSA) is 87.1 Å². The van der Waals surface area contributed by atoms with E-state index in [4.69, 9.17) is 24.5 Å². The molecule has 2 aromatic rings. The van der Waals surface area contributed by atoms with Crippen LogP contribution >= 0.6 is 0 Å². The maximum Gasteiger partial charge on any atom is 0.414 e. The van der Waals surface area contributed by atoms with Crippen molar-refractivity contribution in [3.8, 4) is 16.9 Å². The van der Waals surface area contributed by atoms with Crippen molar-refractivity contribution in [3.63, 3.8) is 0 Å². The molecule has 0 aliphatic carbocycles. The number of nitrogens with zero attached hydrogens (tertiary/aromatic N) is 1. The maximum absolute atomic E-state index is 9.10. The predicted molar refractivity (Wildman–Crippen MR) is 105 cm³/mol. The van der Waals surface area contributed by atoms with E-state index in [-0.39, 0.29) is 0 Å². The van der Waals surface area contributed by atoms with Crippen molar-refractivity contribution in [2.45, 2.75) is 20.3 Å². The lowest BCUT2D eigenvalue weighted by Gasteiger charge is -2.18. The monoisotopic (exact) mass is 373 g/mol. The first kappa shape index (κ1) is 22.2. The fourth-order valence-electron chi connectivity index (χ4n) is 2.46. The van der Waals surface area contributed by atoms with E-state index in [0.717, 1.165) is 38.4 Å². The van der Waals surface area contributed by atoms with Crippen molar-refractivity contribution in [2.24, 2.45) is 0 Å². The molecule has 0 heterocycles. The zero-order valence-electron chi connectivity index (χ0n) is 15.8. The van der Waals surface area contributed by atoms with Crippen molar-refractivity contribution >= 4 is 11.9 Å². The molecule has 0 fully saturated rings. The van der Waals surface area contributed by atoms with Crippen LogP contribution in [0.4, 0.5) is 0 Å². The number of rotatable bonds is 8. The molecule has 0 aliphatic rings. The van der Waals surface area contributed by atoms with Gasteiger partial charge in [0.1, 0.15) is 5.75 Å². The minimum Gasteiger partial charge on any atom is -0.493 e. The molecule has 0 saturated heterocycles. The van der Waals surface area contributed by atoms with E-state index >= 15 is 0 Å². The highest BCUT2D eigenvalue weighted by Gasteiger charge is 2.06. The van der Waals surface area contributed by atoms with E-state index < -0.39 is 11.9 Å². The number of ether oxygens (including phenoxy) is 1. The second-order valence-electron chi connectivity index (χ2n) is 5.70. The van der Waals surface area contributed by atoms with Crippen LogP contribution in [-0.2, 0) is 9.59 Å². The van der Waals surface area contributed by atoms with Crippen LogP contribution in [-0.4, -0.2) is 53.3 Å². The van der Waals surface area contributed by atoms with Gasteiger partial charge < -0.3 is 19.8 Å². The fraction of sp³-hybridized carbons (Fsp3) is 0.333. The largest absolute Gasteiger partial charge is 0.493 e. The summed E-state index contributed by atoms with van der Waals surface area (Å²) in [5.74, 6) is -2.67. The van der Waals surface area contributed by atoms with Crippen molar-refractivity contribution in [2.75, 3.05) is 26.2 Å². The normalized spacial score (nSPS) is 10.0. The zero-order chi connectivity index (χ0) is 20.1. The predicted octanol–water partition coefficient (Wildman–Crippen LogP) is 3.62. The molecule has 6 nitrogen and oxygen atoms in total. The Bertz CT molecular complexity index is 687. The van der Waals surface area contributed by atoms with Gasteiger partial charge in [-0.3, -0.25) is 0 Å². The SMILES string of the molecule is CCN(CC)CCCOc1ccccc1-c1ccccc1.O=C(O)C(=O)O. The number of hydrogen-bond acceptors (Lipinski definition) is 4. The highest BCUT2D eigenvalue weighted by Crippen LogP contribution is 2.29. The van der Waals surface area contributed by atoms with Gasteiger partial charge in [-0.15, -0.1) is 0 Å². The average Bonchev–Trinajstić information content (AvgIpc) is 2.69. The molecule has 27 heavy (non-hydrogen) atoms. The molecule has 0 unspecified atom stereocenters. The Hall–Kier alpha value is -2.86. The van der Waals surface area contributed by atoms with Gasteiger partial charge in [-0.25, -0.2) is 9.59 Å². The molecular formula is C21H27NO5. The van der Waals surface area contributed by atoms with Crippen LogP contribution in [0.2, 0.25) is 0 Å². The van der Waals surface area contributed by atoms with Crippen molar-refractivity contribution in [3.05, 3.63) is 54.6 Å². The van der Waals surface area contributed by atoms with Gasteiger partial charge in [0.15, 0.2) is 0 Å². The van der Waals surface area contributed by atoms with Gasteiger partial charge in [-0.1, -0.05) is 62.4 Å². The maximum atomic E-state index is 9.10. The van der Waals surface area contributed by atoms with Gasteiger partial charge in [0.2, 0.25) is 0 Å². The summed E-state index contributed by atoms with van der Waals surface area (Å²) in [5, 5.41) is 14.8. The first-order chi connectivity index (χ1) is 13.0. The van der Waals surface area contributed by atoms with Crippen molar-refractivity contribution < 1.29 is 24.5 Å². The van der Waals surface area contributed by atoms with Gasteiger partial charge in [0, 0.05) is 12.1 Å². The van der Waals surface area contributed by atoms with Gasteiger partial charge in [0.05, 0.1) is 6.61 Å². The lowest BCUT2D eigenvalue weighted by atomic mass is 10.1. The van der Waals surface area contributed by atoms with Crippen LogP contribution in [0.15, 0.2) is 54.6 Å². The number of benzene rings is 2. The average molecular weight is 373 g/mol. The van der Waals surface area contributed by atoms with E-state index in [1.54, 1.807) is 0 Å². The Morgan fingerprint density at radius 3 is 2.00 bits per heavy atom. The van der Waals surface area contributed by atoms with E-state index in [1.165, 1.54) is 11.1 Å². The molecule has 0 amide bonds. The van der Waals surface area contributed by atoms with Crippen molar-refractivity contribution in [1.82, 2.24) is 4.90 Å². The molecule has 0 atom stereocenters. The fourth-order valence-corrected chi connectivity index (χ4v) is 2.46. The molecule has 0 spiro atoms. The second kappa shape index (κ2) is 12.5. The third kappa shape index (κ3) is 8.37. The minimum absolute atomic E-state index is 0.764. The summed E-state index contributed by atoms with van der Waals surface area (Å²) >= 11 is 0. The highest BCUT2D eigenvalue weighted by atomic mass is 16.5. The van der Waals surface area contributed by atoms with Gasteiger partial charge in [-0.05, 0) is 31.1 Å². The third-order valence-corrected chi connectivity index (χ3v) is 3.93. The molecule has 0 saturated carbocycles. The highest BCUT2D eigenvalue weighted by molar-refractivity contribution is 6.27. The number of carbonyl (C=O) groups is 2. The summed E-state index contributed by atoms with van der Waals surface area (Å²) < 4.78 is 6.00. The summed E-state index contributed by atoms with van der Waals surface area (Å²) in [5.41, 5.74) is 2.37. The van der Waals surface area contributed by atoms with E-state index in [0.29, 0.717) is 0 Å². The molecule has 2 N–H and O–H groups in total. The quantitative estimate of drug-likeness (QED) is 0.543. The smallest absolute Gasteiger partial charge is 0.414 e. The third-order valence-electron chi connectivity index (χ3n) is 3.93. The first-order valence-electron chi connectivity index (χ1n) is 8.95. The van der Waals surface area contributed by atoms with Gasteiger partial charge in [-0.2, -0.15) is 0 Å². The Kier molecular flexibility index (Phi) is 10.3. The number of hydrogen-bond donors (Lipinski definition) is 2. The van der Waals surface area contributed by atoms with Crippen LogP contribution in [0.3, 0.4) is 0 Å². The summed E-state index contributed by atoms with van der Waals surface area (Å²) in [6.07, 6.45) is 1.06. The van der Waals surface area contributed by atoms with Crippen LogP contribution in [0.5, 0.6) is 5.75 Å². The zero-order valence-corrected chi connectivity index (χ0v) is 15.8. The van der Waals surface area contributed by atoms with Crippen LogP contribution in [0, 0.1) is 0 Å². The Morgan fingerprint density at radius 1 is 0.889 bits per heavy atom. The van der Waals surface area contributed by atoms with Crippen LogP contribution in [0.25, 0.3) is 11.1 Å². The van der Waals surface area contributed by atoms with Crippen LogP contribution < -0.4 is 4.74 Å². The molecule has 0 radical (unpaired) electrons. The van der Waals surface area contributed by atoms with E-state index in [2.05, 4.69) is 61.2 Å². The van der Waals surface area contributed by atoms with E-state index in [9.17, 15) is 0 Å². The number of aliphatic carboxylic acids is 2. The first-order valence-corrected chi connectivity index (χ1v) is 8.95. The molecule has 146 valence electrons. The van der Waals surface area contributed by atoms with Crippen LogP contribution in [0.1, 0.15) is 20.3 Å². The summed E-state index contributed by atoms with van der Waals surface area (Å²) in [6.45, 7) is 8.49. The second-order valence-corrected chi connectivity index (χ2v) is 5.70. The molecule has 0 aliphatic heterocycles. The van der Waals surface area contributed by atoms with Crippen molar-refractivity contribution in [1.29, 1.82) is 0 Å². The molecule has 0 bridgehead atoms. The molecule has 2 aromatic carbocycles. The Morgan fingerprint density at radius 2 is 1.44 bits per heavy atom. The number of para-hydroxylation sites is 1. The lowest BCUT2D eigenvalue weighted by molar-refractivity contribution is -0.159. The molecule has 2 rings (SSSR count). The minimum atomic E-state index is -1.82. The summed E-state index contributed by atoms with van der Waals surface area (Å²) in [4.78, 5) is 20.6. The van der Waals surface area contributed by atoms with E-state index in [1.807, 2.05) is 12.1 Å². The van der Waals surface area contributed by atoms with Gasteiger partial charge >= 0.3 is 11.9 Å². The number of carboxylic acid groups (broad SMARTS) is 2. The summed E-state index contributed by atoms with van der Waals surface area (Å²) in [7, 11) is 0. The standard InChI is InChI=1S/C19H25NO.C2H2O4/c1-3-20(4-2)15-10-16-21-19-14-9-8-13-18(19)17-11-6-5-7-12-17;3-1(4)2(5)6/h5-9,11-14H,3-4,10,15-16H2,1-2H3;(H,3,4)(H,5,6). The summed E-state index contributed by atoms with van der Waals surface area (Å²) in [6, 6.07) is 18.7. The Balaban J connectivity index is 0.000000527. The molecule has 6 heteroatoms. The Labute approximate surface area is 160 Å². The molecular weight excluding hydrogens is 346 g/mol.